The van der Waals surface area contributed by atoms with Crippen LogP contribution in [0.4, 0.5) is 5.69 Å². The maximum atomic E-state index is 12.0. The van der Waals surface area contributed by atoms with Gasteiger partial charge in [0, 0.05) is 11.8 Å². The van der Waals surface area contributed by atoms with Crippen LogP contribution in [0, 0.1) is 0 Å². The van der Waals surface area contributed by atoms with Gasteiger partial charge < -0.3 is 19.3 Å². The zero-order chi connectivity index (χ0) is 17.1. The van der Waals surface area contributed by atoms with Crippen LogP contribution in [0.25, 0.3) is 10.7 Å². The van der Waals surface area contributed by atoms with Gasteiger partial charge in [0.15, 0.2) is 11.5 Å². The van der Waals surface area contributed by atoms with Crippen molar-refractivity contribution < 1.29 is 18.8 Å². The van der Waals surface area contributed by atoms with E-state index in [1.807, 2.05) is 17.5 Å². The second kappa shape index (κ2) is 7.16. The van der Waals surface area contributed by atoms with Crippen LogP contribution < -0.4 is 14.8 Å². The summed E-state index contributed by atoms with van der Waals surface area (Å²) in [5.74, 6) is 3.06. The van der Waals surface area contributed by atoms with Crippen molar-refractivity contribution in [2.24, 2.45) is 0 Å². The van der Waals surface area contributed by atoms with E-state index in [1.165, 1.54) is 11.8 Å². The predicted molar refractivity (Wildman–Crippen MR) is 95.0 cm³/mol. The molecule has 1 amide bonds. The summed E-state index contributed by atoms with van der Waals surface area (Å²) >= 11 is 2.96. The van der Waals surface area contributed by atoms with Crippen molar-refractivity contribution in [2.75, 3.05) is 17.9 Å². The van der Waals surface area contributed by atoms with Crippen molar-refractivity contribution in [3.8, 4) is 22.2 Å². The van der Waals surface area contributed by atoms with Crippen LogP contribution in [0.1, 0.15) is 5.89 Å². The van der Waals surface area contributed by atoms with Gasteiger partial charge in [0.25, 0.3) is 0 Å². The molecular formula is C16H13N3O4S2. The fourth-order valence-electron chi connectivity index (χ4n) is 2.22. The quantitative estimate of drug-likeness (QED) is 0.706. The van der Waals surface area contributed by atoms with E-state index in [-0.39, 0.29) is 18.5 Å². The fourth-order valence-corrected chi connectivity index (χ4v) is 3.52. The van der Waals surface area contributed by atoms with E-state index < -0.39 is 0 Å². The minimum Gasteiger partial charge on any atom is -0.454 e. The number of anilines is 1. The first-order valence-electron chi connectivity index (χ1n) is 7.41. The van der Waals surface area contributed by atoms with Crippen LogP contribution >= 0.6 is 23.1 Å². The van der Waals surface area contributed by atoms with Crippen molar-refractivity contribution in [1.82, 2.24) is 10.1 Å². The van der Waals surface area contributed by atoms with Crippen molar-refractivity contribution in [2.45, 2.75) is 5.75 Å². The highest BCUT2D eigenvalue weighted by Crippen LogP contribution is 2.34. The van der Waals surface area contributed by atoms with E-state index >= 15 is 0 Å². The number of thioether (sulfide) groups is 1. The van der Waals surface area contributed by atoms with E-state index in [0.29, 0.717) is 34.7 Å². The Morgan fingerprint density at radius 1 is 1.28 bits per heavy atom. The molecule has 2 aromatic heterocycles. The van der Waals surface area contributed by atoms with E-state index in [9.17, 15) is 4.79 Å². The highest BCUT2D eigenvalue weighted by atomic mass is 32.2. The molecule has 0 spiro atoms. The van der Waals surface area contributed by atoms with Gasteiger partial charge in [0.2, 0.25) is 24.4 Å². The Morgan fingerprint density at radius 2 is 2.20 bits per heavy atom. The Labute approximate surface area is 151 Å². The molecule has 1 aliphatic rings. The molecule has 0 bridgehead atoms. The molecule has 1 aliphatic heterocycles. The molecule has 0 unspecified atom stereocenters. The number of carbonyl (C=O) groups is 1. The summed E-state index contributed by atoms with van der Waals surface area (Å²) in [5, 5.41) is 8.73. The first-order valence-corrected chi connectivity index (χ1v) is 9.45. The zero-order valence-corrected chi connectivity index (χ0v) is 14.6. The van der Waals surface area contributed by atoms with Crippen LogP contribution in [0.15, 0.2) is 40.2 Å². The lowest BCUT2D eigenvalue weighted by molar-refractivity contribution is -0.113. The van der Waals surface area contributed by atoms with Gasteiger partial charge in [0.05, 0.1) is 16.4 Å². The van der Waals surface area contributed by atoms with Gasteiger partial charge in [0.1, 0.15) is 0 Å². The number of hydrogen-bond acceptors (Lipinski definition) is 8. The number of benzene rings is 1. The Kier molecular flexibility index (Phi) is 4.57. The molecule has 1 aromatic carbocycles. The largest absolute Gasteiger partial charge is 0.454 e. The van der Waals surface area contributed by atoms with Gasteiger partial charge in [-0.15, -0.1) is 23.1 Å². The first kappa shape index (κ1) is 16.0. The maximum absolute atomic E-state index is 12.0. The highest BCUT2D eigenvalue weighted by molar-refractivity contribution is 7.99. The molecule has 0 saturated heterocycles. The lowest BCUT2D eigenvalue weighted by Gasteiger charge is -2.05. The fraction of sp³-hybridized carbons (Fsp3) is 0.188. The Hall–Kier alpha value is -2.52. The van der Waals surface area contributed by atoms with Gasteiger partial charge in [-0.3, -0.25) is 4.79 Å². The average Bonchev–Trinajstić information content (AvgIpc) is 3.35. The van der Waals surface area contributed by atoms with Crippen LogP contribution in [0.3, 0.4) is 0 Å². The molecule has 0 aliphatic carbocycles. The standard InChI is InChI=1S/C16H13N3O4S2/c20-14(17-10-3-4-11-12(6-10)22-9-21-11)7-24-8-15-18-16(19-23-15)13-2-1-5-25-13/h1-6H,7-9H2,(H,17,20). The number of hydrogen-bond donors (Lipinski definition) is 1. The predicted octanol–water partition coefficient (Wildman–Crippen LogP) is 3.40. The lowest BCUT2D eigenvalue weighted by Crippen LogP contribution is -2.14. The Morgan fingerprint density at radius 3 is 3.08 bits per heavy atom. The number of nitrogens with zero attached hydrogens (tertiary/aromatic N) is 2. The summed E-state index contributed by atoms with van der Waals surface area (Å²) in [5.41, 5.74) is 0.674. The SMILES string of the molecule is O=C(CSCc1nc(-c2cccs2)no1)Nc1ccc2c(c1)OCO2. The van der Waals surface area contributed by atoms with Crippen molar-refractivity contribution in [3.05, 3.63) is 41.6 Å². The van der Waals surface area contributed by atoms with Gasteiger partial charge >= 0.3 is 0 Å². The third-order valence-corrected chi connectivity index (χ3v) is 5.11. The number of rotatable bonds is 6. The number of fused-ring (bicyclic) bond motifs is 1. The number of carbonyl (C=O) groups excluding carboxylic acids is 1. The molecule has 25 heavy (non-hydrogen) atoms. The van der Waals surface area contributed by atoms with Crippen LogP contribution in [0.2, 0.25) is 0 Å². The van der Waals surface area contributed by atoms with Crippen LogP contribution in [0.5, 0.6) is 11.5 Å². The average molecular weight is 375 g/mol. The lowest BCUT2D eigenvalue weighted by atomic mass is 10.3. The number of thiophene rings is 1. The number of aromatic nitrogens is 2. The number of nitrogens with one attached hydrogen (secondary N) is 1. The third kappa shape index (κ3) is 3.77. The van der Waals surface area contributed by atoms with Crippen LogP contribution in [-0.4, -0.2) is 28.6 Å². The normalized spacial score (nSPS) is 12.3. The topological polar surface area (TPSA) is 86.5 Å². The smallest absolute Gasteiger partial charge is 0.236 e. The molecule has 3 heterocycles. The van der Waals surface area contributed by atoms with Gasteiger partial charge in [-0.1, -0.05) is 11.2 Å². The number of ether oxygens (including phenoxy) is 2. The van der Waals surface area contributed by atoms with Crippen molar-refractivity contribution >= 4 is 34.7 Å². The van der Waals surface area contributed by atoms with Gasteiger partial charge in [-0.2, -0.15) is 4.98 Å². The molecule has 7 nitrogen and oxygen atoms in total. The molecule has 3 aromatic rings. The van der Waals surface area contributed by atoms with Crippen molar-refractivity contribution in [3.63, 3.8) is 0 Å². The second-order valence-electron chi connectivity index (χ2n) is 5.10. The summed E-state index contributed by atoms with van der Waals surface area (Å²) in [7, 11) is 0. The first-order chi connectivity index (χ1) is 12.3. The van der Waals surface area contributed by atoms with Crippen LogP contribution in [-0.2, 0) is 10.5 Å². The van der Waals surface area contributed by atoms with E-state index in [2.05, 4.69) is 15.5 Å². The van der Waals surface area contributed by atoms with E-state index in [1.54, 1.807) is 29.5 Å². The van der Waals surface area contributed by atoms with E-state index in [0.717, 1.165) is 4.88 Å². The third-order valence-electron chi connectivity index (χ3n) is 3.32. The zero-order valence-electron chi connectivity index (χ0n) is 12.9. The Bertz CT molecular complexity index is 879. The van der Waals surface area contributed by atoms with Gasteiger partial charge in [-0.25, -0.2) is 0 Å². The molecule has 0 fully saturated rings. The monoisotopic (exact) mass is 375 g/mol. The summed E-state index contributed by atoms with van der Waals surface area (Å²) in [6.07, 6.45) is 0. The molecule has 0 atom stereocenters. The second-order valence-corrected chi connectivity index (χ2v) is 7.03. The van der Waals surface area contributed by atoms with Crippen molar-refractivity contribution in [1.29, 1.82) is 0 Å². The summed E-state index contributed by atoms with van der Waals surface area (Å²) in [4.78, 5) is 17.3. The highest BCUT2D eigenvalue weighted by Gasteiger charge is 2.14. The maximum Gasteiger partial charge on any atom is 0.236 e. The van der Waals surface area contributed by atoms with Gasteiger partial charge in [-0.05, 0) is 23.6 Å². The molecule has 0 saturated carbocycles. The van der Waals surface area contributed by atoms with E-state index in [4.69, 9.17) is 14.0 Å². The number of amides is 1. The minimum absolute atomic E-state index is 0.109. The minimum atomic E-state index is -0.109. The molecule has 0 radical (unpaired) electrons. The molecule has 4 rings (SSSR count). The summed E-state index contributed by atoms with van der Waals surface area (Å²) in [6.45, 7) is 0.209. The summed E-state index contributed by atoms with van der Waals surface area (Å²) < 4.78 is 15.7. The molecule has 9 heteroatoms. The molecule has 128 valence electrons. The molecular weight excluding hydrogens is 362 g/mol. The molecule has 1 N–H and O–H groups in total. The summed E-state index contributed by atoms with van der Waals surface area (Å²) in [6, 6.07) is 9.17. The Balaban J connectivity index is 1.26.